The number of carbonyl (C=O) groups excluding carboxylic acids is 1. The van der Waals surface area contributed by atoms with E-state index in [4.69, 9.17) is 14.2 Å². The molecule has 0 amide bonds. The summed E-state index contributed by atoms with van der Waals surface area (Å²) < 4.78 is 29.8. The molecule has 2 rings (SSSR count). The highest BCUT2D eigenvalue weighted by atomic mass is 19.1. The van der Waals surface area contributed by atoms with Gasteiger partial charge in [0.1, 0.15) is 23.7 Å². The number of ether oxygens (including phenoxy) is 3. The smallest absolute Gasteiger partial charge is 0.341 e. The van der Waals surface area contributed by atoms with E-state index in [1.54, 1.807) is 18.2 Å². The van der Waals surface area contributed by atoms with Crippen molar-refractivity contribution in [2.24, 2.45) is 0 Å². The topological polar surface area (TPSA) is 56.8 Å². The van der Waals surface area contributed by atoms with Crippen LogP contribution in [0.3, 0.4) is 0 Å². The minimum atomic E-state index is -0.511. The van der Waals surface area contributed by atoms with E-state index in [0.29, 0.717) is 17.0 Å². The van der Waals surface area contributed by atoms with E-state index in [0.717, 1.165) is 24.9 Å². The molecule has 0 aliphatic carbocycles. The molecule has 0 aliphatic heterocycles. The number of rotatable bonds is 10. The van der Waals surface area contributed by atoms with Crippen molar-refractivity contribution < 1.29 is 23.4 Å². The predicted molar refractivity (Wildman–Crippen MR) is 108 cm³/mol. The van der Waals surface area contributed by atoms with Crippen LogP contribution >= 0.6 is 0 Å². The summed E-state index contributed by atoms with van der Waals surface area (Å²) in [5, 5.41) is 3.07. The lowest BCUT2D eigenvalue weighted by atomic mass is 10.0. The number of anilines is 1. The lowest BCUT2D eigenvalue weighted by Crippen LogP contribution is -2.08. The number of halogens is 1. The van der Waals surface area contributed by atoms with E-state index < -0.39 is 5.97 Å². The standard InChI is InChI=1S/C22H26FNO4/c1-4-5-12-24-21-11-10-17(13-20(21)23)28-14-16-8-6-7-9-18(16)19(15-26-2)22(25)27-3/h6-11,13,15,24H,4-5,12,14H2,1-3H3. The zero-order chi connectivity index (χ0) is 20.4. The normalized spacial score (nSPS) is 11.1. The molecule has 28 heavy (non-hydrogen) atoms. The van der Waals surface area contributed by atoms with Crippen LogP contribution in [0.4, 0.5) is 10.1 Å². The predicted octanol–water partition coefficient (Wildman–Crippen LogP) is 4.78. The van der Waals surface area contributed by atoms with Gasteiger partial charge in [-0.2, -0.15) is 0 Å². The molecule has 2 aromatic rings. The van der Waals surface area contributed by atoms with Crippen molar-refractivity contribution in [3.63, 3.8) is 0 Å². The Morgan fingerprint density at radius 1 is 1.18 bits per heavy atom. The van der Waals surface area contributed by atoms with Crippen molar-refractivity contribution in [2.45, 2.75) is 26.4 Å². The molecule has 0 saturated carbocycles. The van der Waals surface area contributed by atoms with Crippen molar-refractivity contribution in [3.8, 4) is 5.75 Å². The van der Waals surface area contributed by atoms with Gasteiger partial charge in [0.2, 0.25) is 0 Å². The summed E-state index contributed by atoms with van der Waals surface area (Å²) in [6.07, 6.45) is 3.35. The minimum Gasteiger partial charge on any atom is -0.503 e. The van der Waals surface area contributed by atoms with E-state index in [1.165, 1.54) is 26.5 Å². The first-order valence-corrected chi connectivity index (χ1v) is 9.16. The quantitative estimate of drug-likeness (QED) is 0.275. The molecule has 0 aliphatic rings. The molecule has 0 atom stereocenters. The fraction of sp³-hybridized carbons (Fsp3) is 0.318. The van der Waals surface area contributed by atoms with Gasteiger partial charge in [0, 0.05) is 12.6 Å². The third-order valence-electron chi connectivity index (χ3n) is 4.13. The molecule has 150 valence electrons. The maximum Gasteiger partial charge on any atom is 0.341 e. The molecule has 6 heteroatoms. The van der Waals surface area contributed by atoms with Gasteiger partial charge >= 0.3 is 5.97 Å². The zero-order valence-corrected chi connectivity index (χ0v) is 16.5. The van der Waals surface area contributed by atoms with Gasteiger partial charge in [-0.05, 0) is 29.7 Å². The molecular formula is C22H26FNO4. The van der Waals surface area contributed by atoms with Gasteiger partial charge in [0.25, 0.3) is 0 Å². The second-order valence-electron chi connectivity index (χ2n) is 6.13. The van der Waals surface area contributed by atoms with Crippen LogP contribution in [-0.4, -0.2) is 26.7 Å². The maximum absolute atomic E-state index is 14.2. The first-order valence-electron chi connectivity index (χ1n) is 9.16. The highest BCUT2D eigenvalue weighted by Gasteiger charge is 2.17. The van der Waals surface area contributed by atoms with Gasteiger partial charge in [-0.25, -0.2) is 9.18 Å². The Kier molecular flexibility index (Phi) is 8.34. The average molecular weight is 387 g/mol. The monoisotopic (exact) mass is 387 g/mol. The number of methoxy groups -OCH3 is 2. The number of unbranched alkanes of at least 4 members (excludes halogenated alkanes) is 1. The molecule has 5 nitrogen and oxygen atoms in total. The Morgan fingerprint density at radius 2 is 1.96 bits per heavy atom. The van der Waals surface area contributed by atoms with E-state index >= 15 is 0 Å². The highest BCUT2D eigenvalue weighted by Crippen LogP contribution is 2.25. The van der Waals surface area contributed by atoms with E-state index in [1.807, 2.05) is 18.2 Å². The Labute approximate surface area is 165 Å². The molecule has 1 N–H and O–H groups in total. The molecule has 0 fully saturated rings. The third-order valence-corrected chi connectivity index (χ3v) is 4.13. The molecule has 0 bridgehead atoms. The number of benzene rings is 2. The fourth-order valence-electron chi connectivity index (χ4n) is 2.65. The number of carbonyl (C=O) groups is 1. The van der Waals surface area contributed by atoms with Crippen LogP contribution in [0.25, 0.3) is 5.57 Å². The van der Waals surface area contributed by atoms with Crippen LogP contribution in [0.2, 0.25) is 0 Å². The average Bonchev–Trinajstić information content (AvgIpc) is 2.72. The lowest BCUT2D eigenvalue weighted by molar-refractivity contribution is -0.133. The van der Waals surface area contributed by atoms with Gasteiger partial charge in [-0.1, -0.05) is 37.6 Å². The Bertz CT molecular complexity index is 820. The Balaban J connectivity index is 2.14. The van der Waals surface area contributed by atoms with Crippen molar-refractivity contribution >= 4 is 17.2 Å². The molecule has 0 spiro atoms. The SMILES string of the molecule is CCCCNc1ccc(OCc2ccccc2C(=COC)C(=O)OC)cc1F. The van der Waals surface area contributed by atoms with Crippen LogP contribution in [0, 0.1) is 5.82 Å². The summed E-state index contributed by atoms with van der Waals surface area (Å²) in [5.41, 5.74) is 2.12. The first-order chi connectivity index (χ1) is 13.6. The van der Waals surface area contributed by atoms with Crippen molar-refractivity contribution in [2.75, 3.05) is 26.1 Å². The summed E-state index contributed by atoms with van der Waals surface area (Å²) >= 11 is 0. The molecule has 0 aromatic heterocycles. The summed E-state index contributed by atoms with van der Waals surface area (Å²) in [6.45, 7) is 2.97. The van der Waals surface area contributed by atoms with Crippen LogP contribution in [0.5, 0.6) is 5.75 Å². The van der Waals surface area contributed by atoms with Crippen LogP contribution in [0.1, 0.15) is 30.9 Å². The van der Waals surface area contributed by atoms with Crippen molar-refractivity contribution in [3.05, 3.63) is 65.7 Å². The van der Waals surface area contributed by atoms with Gasteiger partial charge in [-0.15, -0.1) is 0 Å². The Morgan fingerprint density at radius 3 is 2.64 bits per heavy atom. The number of nitrogens with one attached hydrogen (secondary N) is 1. The summed E-state index contributed by atoms with van der Waals surface area (Å²) in [5.74, 6) is -0.469. The summed E-state index contributed by atoms with van der Waals surface area (Å²) in [7, 11) is 2.77. The van der Waals surface area contributed by atoms with Crippen LogP contribution in [0.15, 0.2) is 48.7 Å². The molecule has 0 radical (unpaired) electrons. The second kappa shape index (κ2) is 11.0. The number of esters is 1. The van der Waals surface area contributed by atoms with E-state index in [9.17, 15) is 9.18 Å². The molecular weight excluding hydrogens is 361 g/mol. The van der Waals surface area contributed by atoms with Crippen LogP contribution < -0.4 is 10.1 Å². The maximum atomic E-state index is 14.2. The summed E-state index contributed by atoms with van der Waals surface area (Å²) in [4.78, 5) is 12.1. The van der Waals surface area contributed by atoms with E-state index in [2.05, 4.69) is 12.2 Å². The fourth-order valence-corrected chi connectivity index (χ4v) is 2.65. The van der Waals surface area contributed by atoms with Gasteiger partial charge in [0.15, 0.2) is 0 Å². The van der Waals surface area contributed by atoms with Gasteiger partial charge < -0.3 is 19.5 Å². The van der Waals surface area contributed by atoms with Crippen molar-refractivity contribution in [1.29, 1.82) is 0 Å². The molecule has 0 unspecified atom stereocenters. The van der Waals surface area contributed by atoms with Crippen molar-refractivity contribution in [1.82, 2.24) is 0 Å². The number of hydrogen-bond donors (Lipinski definition) is 1. The first kappa shape index (κ1) is 21.3. The third kappa shape index (κ3) is 5.74. The van der Waals surface area contributed by atoms with Gasteiger partial charge in [0.05, 0.1) is 26.2 Å². The number of hydrogen-bond acceptors (Lipinski definition) is 5. The highest BCUT2D eigenvalue weighted by molar-refractivity contribution is 6.16. The lowest BCUT2D eigenvalue weighted by Gasteiger charge is -2.13. The minimum absolute atomic E-state index is 0.163. The summed E-state index contributed by atoms with van der Waals surface area (Å²) in [6, 6.07) is 12.0. The van der Waals surface area contributed by atoms with E-state index in [-0.39, 0.29) is 18.0 Å². The second-order valence-corrected chi connectivity index (χ2v) is 6.13. The molecule has 0 saturated heterocycles. The molecule has 2 aromatic carbocycles. The van der Waals surface area contributed by atoms with Crippen LogP contribution in [-0.2, 0) is 20.9 Å². The largest absolute Gasteiger partial charge is 0.503 e. The molecule has 0 heterocycles. The zero-order valence-electron chi connectivity index (χ0n) is 16.5. The Hall–Kier alpha value is -3.02. The van der Waals surface area contributed by atoms with Gasteiger partial charge in [-0.3, -0.25) is 0 Å².